The van der Waals surface area contributed by atoms with Crippen molar-refractivity contribution in [2.24, 2.45) is 7.05 Å². The van der Waals surface area contributed by atoms with E-state index in [1.165, 1.54) is 4.88 Å². The van der Waals surface area contributed by atoms with Crippen LogP contribution >= 0.6 is 27.3 Å². The zero-order valence-electron chi connectivity index (χ0n) is 11.9. The van der Waals surface area contributed by atoms with E-state index in [1.807, 2.05) is 7.05 Å². The molecule has 6 nitrogen and oxygen atoms in total. The minimum Gasteiger partial charge on any atom is -0.369 e. The van der Waals surface area contributed by atoms with Crippen LogP contribution in [0, 0.1) is 0 Å². The van der Waals surface area contributed by atoms with Crippen molar-refractivity contribution < 1.29 is 4.74 Å². The van der Waals surface area contributed by atoms with Crippen LogP contribution in [0.4, 0.5) is 5.82 Å². The lowest BCUT2D eigenvalue weighted by Crippen LogP contribution is -2.38. The molecule has 1 fully saturated rings. The smallest absolute Gasteiger partial charge is 0.164 e. The Kier molecular flexibility index (Phi) is 3.59. The number of aromatic nitrogens is 4. The van der Waals surface area contributed by atoms with Gasteiger partial charge in [0.2, 0.25) is 0 Å². The van der Waals surface area contributed by atoms with E-state index in [4.69, 9.17) is 4.74 Å². The quantitative estimate of drug-likeness (QED) is 0.684. The molecule has 0 amide bonds. The van der Waals surface area contributed by atoms with Gasteiger partial charge in [-0.15, -0.1) is 11.3 Å². The minimum atomic E-state index is 0.0919. The Hall–Kier alpha value is -1.51. The average Bonchev–Trinajstić information content (AvgIpc) is 3.17. The normalized spacial score (nSPS) is 19.0. The molecular formula is C14H14BrN5OS. The van der Waals surface area contributed by atoms with Gasteiger partial charge in [-0.25, -0.2) is 14.6 Å². The Morgan fingerprint density at radius 3 is 3.14 bits per heavy atom. The maximum absolute atomic E-state index is 5.91. The summed E-state index contributed by atoms with van der Waals surface area (Å²) in [5.41, 5.74) is 0.830. The molecule has 1 aliphatic rings. The molecule has 4 heterocycles. The molecule has 114 valence electrons. The number of rotatable bonds is 2. The standard InChI is InChI=1S/C14H14BrN5OS/c1-19-13-11(12(15)18-19)14(17-8-16-13)20-4-5-21-9(7-20)10-3-2-6-22-10/h2-3,6,8-9H,4-5,7H2,1H3. The van der Waals surface area contributed by atoms with Crippen molar-refractivity contribution in [1.82, 2.24) is 19.7 Å². The molecule has 1 saturated heterocycles. The number of thiophene rings is 1. The fourth-order valence-electron chi connectivity index (χ4n) is 2.75. The molecule has 0 bridgehead atoms. The zero-order valence-corrected chi connectivity index (χ0v) is 14.3. The second kappa shape index (κ2) is 5.60. The van der Waals surface area contributed by atoms with Gasteiger partial charge in [-0.2, -0.15) is 5.10 Å². The van der Waals surface area contributed by atoms with E-state index in [2.05, 4.69) is 53.4 Å². The molecular weight excluding hydrogens is 366 g/mol. The first-order valence-electron chi connectivity index (χ1n) is 6.97. The van der Waals surface area contributed by atoms with E-state index >= 15 is 0 Å². The lowest BCUT2D eigenvalue weighted by Gasteiger charge is -2.33. The second-order valence-electron chi connectivity index (χ2n) is 5.13. The number of halogens is 1. The van der Waals surface area contributed by atoms with Crippen LogP contribution in [0.25, 0.3) is 11.0 Å². The number of hydrogen-bond acceptors (Lipinski definition) is 6. The van der Waals surface area contributed by atoms with Crippen LogP contribution in [-0.4, -0.2) is 39.4 Å². The third-order valence-electron chi connectivity index (χ3n) is 3.78. The van der Waals surface area contributed by atoms with Crippen LogP contribution in [0.2, 0.25) is 0 Å². The van der Waals surface area contributed by atoms with Crippen molar-refractivity contribution in [3.8, 4) is 0 Å². The molecule has 1 atom stereocenters. The molecule has 1 unspecified atom stereocenters. The summed E-state index contributed by atoms with van der Waals surface area (Å²) in [7, 11) is 1.89. The average molecular weight is 380 g/mol. The van der Waals surface area contributed by atoms with Gasteiger partial charge in [-0.1, -0.05) is 6.07 Å². The van der Waals surface area contributed by atoms with E-state index < -0.39 is 0 Å². The predicted molar refractivity (Wildman–Crippen MR) is 89.2 cm³/mol. The molecule has 4 rings (SSSR count). The van der Waals surface area contributed by atoms with Crippen LogP contribution in [0.5, 0.6) is 0 Å². The molecule has 0 N–H and O–H groups in total. The maximum Gasteiger partial charge on any atom is 0.164 e. The van der Waals surface area contributed by atoms with Gasteiger partial charge in [-0.3, -0.25) is 0 Å². The van der Waals surface area contributed by atoms with E-state index in [1.54, 1.807) is 22.3 Å². The van der Waals surface area contributed by atoms with E-state index in [-0.39, 0.29) is 6.10 Å². The lowest BCUT2D eigenvalue weighted by molar-refractivity contribution is 0.0419. The summed E-state index contributed by atoms with van der Waals surface area (Å²) < 4.78 is 8.46. The number of hydrogen-bond donors (Lipinski definition) is 0. The molecule has 0 aromatic carbocycles. The first-order valence-corrected chi connectivity index (χ1v) is 8.64. The molecule has 0 spiro atoms. The Labute approximate surface area is 139 Å². The van der Waals surface area contributed by atoms with E-state index in [0.717, 1.165) is 34.5 Å². The molecule has 3 aromatic rings. The highest BCUT2D eigenvalue weighted by Gasteiger charge is 2.26. The van der Waals surface area contributed by atoms with Gasteiger partial charge in [0.05, 0.1) is 18.5 Å². The first kappa shape index (κ1) is 14.1. The Morgan fingerprint density at radius 1 is 1.41 bits per heavy atom. The number of fused-ring (bicyclic) bond motifs is 1. The van der Waals surface area contributed by atoms with Gasteiger partial charge < -0.3 is 9.64 Å². The van der Waals surface area contributed by atoms with Crippen molar-refractivity contribution in [2.45, 2.75) is 6.10 Å². The highest BCUT2D eigenvalue weighted by molar-refractivity contribution is 9.10. The zero-order chi connectivity index (χ0) is 15.1. The fraction of sp³-hybridized carbons (Fsp3) is 0.357. The molecule has 8 heteroatoms. The third-order valence-corrected chi connectivity index (χ3v) is 5.30. The fourth-order valence-corrected chi connectivity index (χ4v) is 4.11. The monoisotopic (exact) mass is 379 g/mol. The molecule has 1 aliphatic heterocycles. The summed E-state index contributed by atoms with van der Waals surface area (Å²) in [6, 6.07) is 4.18. The number of ether oxygens (including phenoxy) is 1. The van der Waals surface area contributed by atoms with Gasteiger partial charge in [-0.05, 0) is 27.4 Å². The Balaban J connectivity index is 1.72. The van der Waals surface area contributed by atoms with Crippen molar-refractivity contribution in [3.63, 3.8) is 0 Å². The van der Waals surface area contributed by atoms with Crippen LogP contribution in [0.3, 0.4) is 0 Å². The van der Waals surface area contributed by atoms with E-state index in [9.17, 15) is 0 Å². The van der Waals surface area contributed by atoms with Crippen LogP contribution in [0.15, 0.2) is 28.4 Å². The summed E-state index contributed by atoms with van der Waals surface area (Å²) in [6.45, 7) is 2.29. The summed E-state index contributed by atoms with van der Waals surface area (Å²) >= 11 is 5.25. The van der Waals surface area contributed by atoms with Crippen molar-refractivity contribution in [3.05, 3.63) is 33.3 Å². The lowest BCUT2D eigenvalue weighted by atomic mass is 10.2. The summed E-state index contributed by atoms with van der Waals surface area (Å²) in [4.78, 5) is 12.3. The molecule has 0 aliphatic carbocycles. The first-order chi connectivity index (χ1) is 10.7. The Morgan fingerprint density at radius 2 is 2.32 bits per heavy atom. The minimum absolute atomic E-state index is 0.0919. The molecule has 3 aromatic heterocycles. The summed E-state index contributed by atoms with van der Waals surface area (Å²) in [5.74, 6) is 0.912. The highest BCUT2D eigenvalue weighted by atomic mass is 79.9. The summed E-state index contributed by atoms with van der Waals surface area (Å²) in [5, 5.41) is 7.43. The van der Waals surface area contributed by atoms with Gasteiger partial charge in [0, 0.05) is 18.5 Å². The Bertz CT molecular complexity index is 803. The largest absolute Gasteiger partial charge is 0.369 e. The number of nitrogens with zero attached hydrogens (tertiary/aromatic N) is 5. The highest BCUT2D eigenvalue weighted by Crippen LogP contribution is 2.33. The maximum atomic E-state index is 5.91. The van der Waals surface area contributed by atoms with Crippen LogP contribution in [0.1, 0.15) is 11.0 Å². The molecule has 0 saturated carbocycles. The van der Waals surface area contributed by atoms with Gasteiger partial charge in [0.25, 0.3) is 0 Å². The SMILES string of the molecule is Cn1nc(Br)c2c(N3CCOC(c4cccs4)C3)ncnc21. The van der Waals surface area contributed by atoms with Crippen LogP contribution in [-0.2, 0) is 11.8 Å². The number of aryl methyl sites for hydroxylation is 1. The number of morpholine rings is 1. The number of anilines is 1. The second-order valence-corrected chi connectivity index (χ2v) is 6.86. The topological polar surface area (TPSA) is 56.1 Å². The van der Waals surface area contributed by atoms with Gasteiger partial charge in [0.15, 0.2) is 5.65 Å². The predicted octanol–water partition coefficient (Wildman–Crippen LogP) is 2.77. The molecule has 0 radical (unpaired) electrons. The molecule has 22 heavy (non-hydrogen) atoms. The van der Waals surface area contributed by atoms with E-state index in [0.29, 0.717) is 6.61 Å². The third kappa shape index (κ3) is 2.31. The van der Waals surface area contributed by atoms with Crippen molar-refractivity contribution >= 4 is 44.1 Å². The van der Waals surface area contributed by atoms with Gasteiger partial charge >= 0.3 is 0 Å². The summed E-state index contributed by atoms with van der Waals surface area (Å²) in [6.07, 6.45) is 1.69. The van der Waals surface area contributed by atoms with Gasteiger partial charge in [0.1, 0.15) is 22.9 Å². The van der Waals surface area contributed by atoms with Crippen molar-refractivity contribution in [2.75, 3.05) is 24.6 Å². The van der Waals surface area contributed by atoms with Crippen molar-refractivity contribution in [1.29, 1.82) is 0 Å². The van der Waals surface area contributed by atoms with Crippen LogP contribution < -0.4 is 4.90 Å².